The van der Waals surface area contributed by atoms with Crippen LogP contribution in [0.3, 0.4) is 0 Å². The molecule has 3 aromatic rings. The topological polar surface area (TPSA) is 40.5 Å². The summed E-state index contributed by atoms with van der Waals surface area (Å²) in [4.78, 5) is 15.5. The molecule has 3 nitrogen and oxygen atoms in total. The van der Waals surface area contributed by atoms with Crippen LogP contribution in [0, 0.1) is 5.92 Å². The molecule has 1 unspecified atom stereocenters. The molecule has 29 heavy (non-hydrogen) atoms. The number of hydrogen-bond acceptors (Lipinski definition) is 2. The second kappa shape index (κ2) is 9.06. The molecule has 1 saturated heterocycles. The van der Waals surface area contributed by atoms with Crippen molar-refractivity contribution < 1.29 is 9.90 Å². The maximum absolute atomic E-state index is 13.5. The summed E-state index contributed by atoms with van der Waals surface area (Å²) in [6.45, 7) is 1.37. The zero-order valence-corrected chi connectivity index (χ0v) is 16.5. The number of benzene rings is 3. The number of nitrogens with zero attached hydrogens (tertiary/aromatic N) is 1. The molecule has 1 aliphatic rings. The number of carbonyl (C=O) groups excluding carboxylic acids is 1. The van der Waals surface area contributed by atoms with Crippen LogP contribution in [0.1, 0.15) is 41.6 Å². The highest BCUT2D eigenvalue weighted by Crippen LogP contribution is 2.33. The van der Waals surface area contributed by atoms with Crippen LogP contribution in [0.25, 0.3) is 0 Å². The third kappa shape index (κ3) is 4.41. The van der Waals surface area contributed by atoms with Crippen molar-refractivity contribution in [2.24, 2.45) is 5.92 Å². The van der Waals surface area contributed by atoms with Crippen LogP contribution in [0.15, 0.2) is 91.0 Å². The van der Waals surface area contributed by atoms with Gasteiger partial charge in [0.05, 0.1) is 12.0 Å². The Balaban J connectivity index is 1.48. The number of rotatable bonds is 5. The maximum atomic E-state index is 13.5. The van der Waals surface area contributed by atoms with E-state index in [1.807, 2.05) is 95.9 Å². The van der Waals surface area contributed by atoms with E-state index in [9.17, 15) is 9.90 Å². The van der Waals surface area contributed by atoms with E-state index in [2.05, 4.69) is 0 Å². The zero-order valence-electron chi connectivity index (χ0n) is 16.5. The molecule has 1 aliphatic heterocycles. The number of carbonyl (C=O) groups is 1. The van der Waals surface area contributed by atoms with Gasteiger partial charge in [0.25, 0.3) is 0 Å². The van der Waals surface area contributed by atoms with Crippen LogP contribution >= 0.6 is 0 Å². The van der Waals surface area contributed by atoms with Gasteiger partial charge in [0.2, 0.25) is 5.91 Å². The highest BCUT2D eigenvalue weighted by atomic mass is 16.3. The molecular weight excluding hydrogens is 358 g/mol. The Bertz CT molecular complexity index is 864. The van der Waals surface area contributed by atoms with Crippen LogP contribution in [-0.2, 0) is 4.79 Å². The summed E-state index contributed by atoms with van der Waals surface area (Å²) in [5.41, 5.74) is 3.01. The first-order chi connectivity index (χ1) is 14.2. The van der Waals surface area contributed by atoms with Crippen molar-refractivity contribution in [1.29, 1.82) is 0 Å². The Hall–Kier alpha value is -2.91. The number of likely N-dealkylation sites (tertiary alicyclic amines) is 1. The van der Waals surface area contributed by atoms with Gasteiger partial charge in [-0.05, 0) is 35.4 Å². The number of amides is 1. The van der Waals surface area contributed by atoms with E-state index in [1.54, 1.807) is 0 Å². The molecule has 1 N–H and O–H groups in total. The summed E-state index contributed by atoms with van der Waals surface area (Å²) in [5.74, 6) is 0.0522. The fourth-order valence-corrected chi connectivity index (χ4v) is 4.31. The minimum atomic E-state index is -0.465. The summed E-state index contributed by atoms with van der Waals surface area (Å²) < 4.78 is 0. The monoisotopic (exact) mass is 385 g/mol. The lowest BCUT2D eigenvalue weighted by Gasteiger charge is -2.36. The molecule has 0 aromatic heterocycles. The normalized spacial score (nSPS) is 16.0. The quantitative estimate of drug-likeness (QED) is 0.686. The molecule has 3 heteroatoms. The van der Waals surface area contributed by atoms with Gasteiger partial charge in [0.15, 0.2) is 0 Å². The molecule has 1 fully saturated rings. The lowest BCUT2D eigenvalue weighted by molar-refractivity contribution is -0.133. The summed E-state index contributed by atoms with van der Waals surface area (Å²) in [7, 11) is 0. The van der Waals surface area contributed by atoms with Gasteiger partial charge in [-0.15, -0.1) is 0 Å². The smallest absolute Gasteiger partial charge is 0.234 e. The minimum Gasteiger partial charge on any atom is -0.388 e. The minimum absolute atomic E-state index is 0.148. The molecule has 0 bridgehead atoms. The molecule has 1 atom stereocenters. The van der Waals surface area contributed by atoms with E-state index in [0.717, 1.165) is 29.5 Å². The van der Waals surface area contributed by atoms with Gasteiger partial charge >= 0.3 is 0 Å². The van der Waals surface area contributed by atoms with Crippen molar-refractivity contribution in [2.45, 2.75) is 24.9 Å². The van der Waals surface area contributed by atoms with Gasteiger partial charge in [-0.25, -0.2) is 0 Å². The lowest BCUT2D eigenvalue weighted by atomic mass is 9.85. The zero-order chi connectivity index (χ0) is 20.1. The summed E-state index contributed by atoms with van der Waals surface area (Å²) in [6.07, 6.45) is 1.17. The first kappa shape index (κ1) is 19.4. The highest BCUT2D eigenvalue weighted by Gasteiger charge is 2.32. The Morgan fingerprint density at radius 2 is 1.14 bits per heavy atom. The number of aliphatic hydroxyl groups excluding tert-OH is 1. The van der Waals surface area contributed by atoms with E-state index in [4.69, 9.17) is 0 Å². The lowest BCUT2D eigenvalue weighted by Crippen LogP contribution is -2.42. The third-order valence-electron chi connectivity index (χ3n) is 5.95. The maximum Gasteiger partial charge on any atom is 0.234 e. The van der Waals surface area contributed by atoms with Gasteiger partial charge in [-0.2, -0.15) is 0 Å². The molecule has 148 valence electrons. The largest absolute Gasteiger partial charge is 0.388 e. The van der Waals surface area contributed by atoms with Crippen LogP contribution < -0.4 is 0 Å². The van der Waals surface area contributed by atoms with Crippen molar-refractivity contribution in [2.75, 3.05) is 13.1 Å². The molecule has 0 radical (unpaired) electrons. The first-order valence-corrected chi connectivity index (χ1v) is 10.4. The number of aliphatic hydroxyl groups is 1. The van der Waals surface area contributed by atoms with Gasteiger partial charge in [-0.1, -0.05) is 91.0 Å². The van der Waals surface area contributed by atoms with Crippen LogP contribution in [0.5, 0.6) is 0 Å². The molecule has 3 aromatic carbocycles. The Labute approximate surface area is 172 Å². The predicted molar refractivity (Wildman–Crippen MR) is 115 cm³/mol. The van der Waals surface area contributed by atoms with Crippen LogP contribution in [0.4, 0.5) is 0 Å². The fourth-order valence-electron chi connectivity index (χ4n) is 4.31. The van der Waals surface area contributed by atoms with Crippen LogP contribution in [0.2, 0.25) is 0 Å². The molecule has 0 aliphatic carbocycles. The van der Waals surface area contributed by atoms with Gasteiger partial charge in [-0.3, -0.25) is 4.79 Å². The second-order valence-corrected chi connectivity index (χ2v) is 7.77. The van der Waals surface area contributed by atoms with Gasteiger partial charge < -0.3 is 10.0 Å². The fraction of sp³-hybridized carbons (Fsp3) is 0.269. The highest BCUT2D eigenvalue weighted by molar-refractivity contribution is 5.87. The number of hydrogen-bond donors (Lipinski definition) is 1. The molecule has 4 rings (SSSR count). The van der Waals surface area contributed by atoms with Gasteiger partial charge in [0.1, 0.15) is 0 Å². The summed E-state index contributed by atoms with van der Waals surface area (Å²) >= 11 is 0. The molecule has 0 saturated carbocycles. The molecular formula is C26H27NO2. The van der Waals surface area contributed by atoms with Crippen molar-refractivity contribution in [1.82, 2.24) is 4.90 Å². The van der Waals surface area contributed by atoms with Crippen molar-refractivity contribution in [3.05, 3.63) is 108 Å². The van der Waals surface area contributed by atoms with E-state index >= 15 is 0 Å². The molecule has 1 heterocycles. The van der Waals surface area contributed by atoms with E-state index < -0.39 is 6.10 Å². The predicted octanol–water partition coefficient (Wildman–Crippen LogP) is 4.79. The third-order valence-corrected chi connectivity index (χ3v) is 5.95. The number of piperidine rings is 1. The van der Waals surface area contributed by atoms with E-state index in [1.165, 1.54) is 0 Å². The average molecular weight is 386 g/mol. The van der Waals surface area contributed by atoms with Crippen LogP contribution in [-0.4, -0.2) is 29.0 Å². The summed E-state index contributed by atoms with van der Waals surface area (Å²) in [5, 5.41) is 10.7. The summed E-state index contributed by atoms with van der Waals surface area (Å²) in [6, 6.07) is 29.9. The Kier molecular flexibility index (Phi) is 6.06. The SMILES string of the molecule is O=C(C(c1ccccc1)c1ccccc1)N1CCC(C(O)c2ccccc2)CC1. The van der Waals surface area contributed by atoms with Crippen molar-refractivity contribution in [3.8, 4) is 0 Å². The standard InChI is InChI=1S/C26H27NO2/c28-25(22-14-8-3-9-15-22)23-16-18-27(19-17-23)26(29)24(20-10-4-1-5-11-20)21-12-6-2-7-13-21/h1-15,23-25,28H,16-19H2. The molecule has 1 amide bonds. The average Bonchev–Trinajstić information content (AvgIpc) is 2.81. The van der Waals surface area contributed by atoms with E-state index in [-0.39, 0.29) is 17.7 Å². The molecule has 0 spiro atoms. The second-order valence-electron chi connectivity index (χ2n) is 7.77. The van der Waals surface area contributed by atoms with Crippen molar-refractivity contribution in [3.63, 3.8) is 0 Å². The van der Waals surface area contributed by atoms with E-state index in [0.29, 0.717) is 13.1 Å². The van der Waals surface area contributed by atoms with Crippen molar-refractivity contribution >= 4 is 5.91 Å². The first-order valence-electron chi connectivity index (χ1n) is 10.4. The Morgan fingerprint density at radius 1 is 0.724 bits per heavy atom. The Morgan fingerprint density at radius 3 is 1.59 bits per heavy atom. The van der Waals surface area contributed by atoms with Gasteiger partial charge in [0, 0.05) is 13.1 Å².